The third-order valence-electron chi connectivity index (χ3n) is 5.04. The molecule has 0 saturated carbocycles. The van der Waals surface area contributed by atoms with Gasteiger partial charge in [-0.1, -0.05) is 42.4 Å². The van der Waals surface area contributed by atoms with Crippen molar-refractivity contribution < 1.29 is 18.8 Å². The highest BCUT2D eigenvalue weighted by Crippen LogP contribution is 2.31. The molecule has 0 saturated heterocycles. The third-order valence-corrected chi connectivity index (χ3v) is 5.04. The van der Waals surface area contributed by atoms with Gasteiger partial charge >= 0.3 is 0 Å². The molecule has 0 N–H and O–H groups in total. The highest BCUT2D eigenvalue weighted by Gasteiger charge is 2.25. The smallest absolute Gasteiger partial charge is 0.246 e. The van der Waals surface area contributed by atoms with Crippen molar-refractivity contribution in [3.05, 3.63) is 60.0 Å². The first-order chi connectivity index (χ1) is 14.6. The normalized spacial score (nSPS) is 11.7. The van der Waals surface area contributed by atoms with Gasteiger partial charge in [0.15, 0.2) is 11.5 Å². The van der Waals surface area contributed by atoms with Crippen LogP contribution in [0.1, 0.15) is 37.6 Å². The van der Waals surface area contributed by atoms with Gasteiger partial charge in [-0.2, -0.15) is 4.98 Å². The number of hydrogen-bond donors (Lipinski definition) is 0. The number of methoxy groups -OCH3 is 2. The second-order valence-corrected chi connectivity index (χ2v) is 6.81. The summed E-state index contributed by atoms with van der Waals surface area (Å²) in [5.41, 5.74) is 1.76. The Hall–Kier alpha value is -3.35. The van der Waals surface area contributed by atoms with E-state index < -0.39 is 0 Å². The van der Waals surface area contributed by atoms with Crippen molar-refractivity contribution in [1.29, 1.82) is 0 Å². The predicted molar refractivity (Wildman–Crippen MR) is 113 cm³/mol. The molecule has 1 heterocycles. The van der Waals surface area contributed by atoms with E-state index in [2.05, 4.69) is 10.1 Å². The highest BCUT2D eigenvalue weighted by atomic mass is 16.5. The molecule has 158 valence electrons. The van der Waals surface area contributed by atoms with E-state index in [1.54, 1.807) is 31.3 Å². The summed E-state index contributed by atoms with van der Waals surface area (Å²) in [4.78, 5) is 19.4. The summed E-state index contributed by atoms with van der Waals surface area (Å²) < 4.78 is 16.0. The van der Waals surface area contributed by atoms with Crippen molar-refractivity contribution in [2.24, 2.45) is 0 Å². The maximum absolute atomic E-state index is 13.1. The Labute approximate surface area is 176 Å². The molecule has 0 unspecified atom stereocenters. The molecule has 1 atom stereocenters. The standard InChI is InChI=1S/C23H27N3O4/c1-5-18(16-10-8-7-9-11-16)23(27)26(6-2)15-21-24-22(25-30-21)17-12-13-19(28-3)20(14-17)29-4/h7-14,18H,5-6,15H2,1-4H3/t18-/m0/s1. The average Bonchev–Trinajstić information content (AvgIpc) is 3.26. The Bertz CT molecular complexity index is 972. The van der Waals surface area contributed by atoms with Gasteiger partial charge in [0.2, 0.25) is 17.6 Å². The number of nitrogens with zero attached hydrogens (tertiary/aromatic N) is 3. The maximum Gasteiger partial charge on any atom is 0.246 e. The molecular weight excluding hydrogens is 382 g/mol. The molecule has 0 bridgehead atoms. The van der Waals surface area contributed by atoms with E-state index in [1.807, 2.05) is 50.2 Å². The van der Waals surface area contributed by atoms with Gasteiger partial charge in [0.25, 0.3) is 0 Å². The largest absolute Gasteiger partial charge is 0.493 e. The van der Waals surface area contributed by atoms with Crippen LogP contribution < -0.4 is 9.47 Å². The zero-order valence-electron chi connectivity index (χ0n) is 17.8. The van der Waals surface area contributed by atoms with Crippen molar-refractivity contribution in [3.63, 3.8) is 0 Å². The Balaban J connectivity index is 1.77. The Morgan fingerprint density at radius 1 is 1.07 bits per heavy atom. The Kier molecular flexibility index (Phi) is 7.06. The average molecular weight is 409 g/mol. The first-order valence-corrected chi connectivity index (χ1v) is 9.99. The lowest BCUT2D eigenvalue weighted by molar-refractivity contribution is -0.133. The van der Waals surface area contributed by atoms with Crippen LogP contribution in [0.25, 0.3) is 11.4 Å². The minimum atomic E-state index is -0.195. The zero-order valence-corrected chi connectivity index (χ0v) is 17.8. The van der Waals surface area contributed by atoms with E-state index >= 15 is 0 Å². The molecule has 1 amide bonds. The Morgan fingerprint density at radius 2 is 1.80 bits per heavy atom. The number of likely N-dealkylation sites (N-methyl/N-ethyl adjacent to an activating group) is 1. The van der Waals surface area contributed by atoms with E-state index in [1.165, 1.54) is 0 Å². The molecule has 3 aromatic rings. The second-order valence-electron chi connectivity index (χ2n) is 6.81. The summed E-state index contributed by atoms with van der Waals surface area (Å²) in [7, 11) is 3.16. The molecule has 0 aliphatic carbocycles. The molecule has 0 spiro atoms. The van der Waals surface area contributed by atoms with Gasteiger partial charge in [0, 0.05) is 12.1 Å². The fourth-order valence-corrected chi connectivity index (χ4v) is 3.38. The number of aromatic nitrogens is 2. The molecular formula is C23H27N3O4. The molecule has 0 aliphatic rings. The molecule has 0 fully saturated rings. The summed E-state index contributed by atoms with van der Waals surface area (Å²) in [6.07, 6.45) is 0.722. The monoisotopic (exact) mass is 409 g/mol. The van der Waals surface area contributed by atoms with Crippen LogP contribution in [0.5, 0.6) is 11.5 Å². The molecule has 30 heavy (non-hydrogen) atoms. The van der Waals surface area contributed by atoms with Crippen molar-refractivity contribution in [1.82, 2.24) is 15.0 Å². The van der Waals surface area contributed by atoms with Gasteiger partial charge in [-0.25, -0.2) is 0 Å². The van der Waals surface area contributed by atoms with Crippen molar-refractivity contribution >= 4 is 5.91 Å². The summed E-state index contributed by atoms with van der Waals surface area (Å²) in [5.74, 6) is 1.89. The van der Waals surface area contributed by atoms with Gasteiger partial charge in [0.05, 0.1) is 26.7 Å². The summed E-state index contributed by atoms with van der Waals surface area (Å²) in [5, 5.41) is 4.07. The van der Waals surface area contributed by atoms with E-state index in [0.717, 1.165) is 17.5 Å². The fraction of sp³-hybridized carbons (Fsp3) is 0.348. The molecule has 7 heteroatoms. The number of carbonyl (C=O) groups is 1. The number of ether oxygens (including phenoxy) is 2. The topological polar surface area (TPSA) is 77.7 Å². The van der Waals surface area contributed by atoms with Crippen LogP contribution in [-0.4, -0.2) is 41.7 Å². The summed E-state index contributed by atoms with van der Waals surface area (Å²) in [6, 6.07) is 15.2. The second kappa shape index (κ2) is 9.91. The van der Waals surface area contributed by atoms with Crippen LogP contribution in [0.2, 0.25) is 0 Å². The molecule has 2 aromatic carbocycles. The zero-order chi connectivity index (χ0) is 21.5. The number of benzene rings is 2. The fourth-order valence-electron chi connectivity index (χ4n) is 3.38. The molecule has 3 rings (SSSR count). The predicted octanol–water partition coefficient (Wildman–Crippen LogP) is 4.30. The van der Waals surface area contributed by atoms with Crippen LogP contribution in [0.4, 0.5) is 0 Å². The van der Waals surface area contributed by atoms with Crippen molar-refractivity contribution in [3.8, 4) is 22.9 Å². The SMILES string of the molecule is CC[C@H](C(=O)N(CC)Cc1nc(-c2ccc(OC)c(OC)c2)no1)c1ccccc1. The third kappa shape index (κ3) is 4.62. The maximum atomic E-state index is 13.1. The minimum Gasteiger partial charge on any atom is -0.493 e. The first kappa shape index (κ1) is 21.4. The molecule has 1 aromatic heterocycles. The quantitative estimate of drug-likeness (QED) is 0.524. The van der Waals surface area contributed by atoms with E-state index in [9.17, 15) is 4.79 Å². The molecule has 0 aliphatic heterocycles. The van der Waals surface area contributed by atoms with Crippen molar-refractivity contribution in [2.45, 2.75) is 32.7 Å². The van der Waals surface area contributed by atoms with Crippen LogP contribution in [0.3, 0.4) is 0 Å². The number of carbonyl (C=O) groups excluding carboxylic acids is 1. The van der Waals surface area contributed by atoms with Crippen LogP contribution in [-0.2, 0) is 11.3 Å². The Morgan fingerprint density at radius 3 is 2.43 bits per heavy atom. The van der Waals surface area contributed by atoms with E-state index in [0.29, 0.717) is 29.8 Å². The summed E-state index contributed by atoms with van der Waals surface area (Å²) >= 11 is 0. The van der Waals surface area contributed by atoms with Gasteiger partial charge in [-0.3, -0.25) is 4.79 Å². The van der Waals surface area contributed by atoms with E-state index in [-0.39, 0.29) is 18.4 Å². The molecule has 7 nitrogen and oxygen atoms in total. The highest BCUT2D eigenvalue weighted by molar-refractivity contribution is 5.83. The van der Waals surface area contributed by atoms with Gasteiger partial charge in [-0.05, 0) is 37.1 Å². The van der Waals surface area contributed by atoms with E-state index in [4.69, 9.17) is 14.0 Å². The van der Waals surface area contributed by atoms with Gasteiger partial charge in [-0.15, -0.1) is 0 Å². The summed E-state index contributed by atoms with van der Waals surface area (Å²) in [6.45, 7) is 4.78. The van der Waals surface area contributed by atoms with Crippen LogP contribution in [0.15, 0.2) is 53.1 Å². The van der Waals surface area contributed by atoms with Crippen LogP contribution >= 0.6 is 0 Å². The van der Waals surface area contributed by atoms with Crippen LogP contribution in [0, 0.1) is 0 Å². The van der Waals surface area contributed by atoms with Crippen molar-refractivity contribution in [2.75, 3.05) is 20.8 Å². The van der Waals surface area contributed by atoms with Gasteiger partial charge in [0.1, 0.15) is 0 Å². The van der Waals surface area contributed by atoms with Gasteiger partial charge < -0.3 is 18.9 Å². The first-order valence-electron chi connectivity index (χ1n) is 9.99. The lowest BCUT2D eigenvalue weighted by atomic mass is 9.95. The molecule has 0 radical (unpaired) electrons. The minimum absolute atomic E-state index is 0.0528. The lowest BCUT2D eigenvalue weighted by Crippen LogP contribution is -2.34. The number of hydrogen-bond acceptors (Lipinski definition) is 6. The lowest BCUT2D eigenvalue weighted by Gasteiger charge is -2.24. The number of rotatable bonds is 9. The number of amides is 1.